The van der Waals surface area contributed by atoms with E-state index in [0.29, 0.717) is 17.6 Å². The van der Waals surface area contributed by atoms with Gasteiger partial charge < -0.3 is 19.8 Å². The highest BCUT2D eigenvalue weighted by Gasteiger charge is 2.19. The Bertz CT molecular complexity index is 984. The number of para-hydroxylation sites is 1. The van der Waals surface area contributed by atoms with E-state index in [1.807, 2.05) is 45.9 Å². The number of hydrogen-bond acceptors (Lipinski definition) is 7. The Balaban J connectivity index is 0.000000861. The van der Waals surface area contributed by atoms with Gasteiger partial charge in [0.1, 0.15) is 11.3 Å². The lowest BCUT2D eigenvalue weighted by Gasteiger charge is -2.18. The van der Waals surface area contributed by atoms with Gasteiger partial charge in [0.15, 0.2) is 12.4 Å². The van der Waals surface area contributed by atoms with E-state index in [9.17, 15) is 9.59 Å². The van der Waals surface area contributed by atoms with Crippen molar-refractivity contribution in [2.24, 2.45) is 5.73 Å². The minimum Gasteiger partial charge on any atom is -0.748 e. The van der Waals surface area contributed by atoms with Gasteiger partial charge in [-0.25, -0.2) is 13.2 Å². The first-order valence-electron chi connectivity index (χ1n) is 9.46. The fourth-order valence-corrected chi connectivity index (χ4v) is 2.59. The van der Waals surface area contributed by atoms with Crippen molar-refractivity contribution >= 4 is 22.2 Å². The predicted octanol–water partition coefficient (Wildman–Crippen LogP) is 2.65. The van der Waals surface area contributed by atoms with Crippen molar-refractivity contribution in [2.75, 3.05) is 6.26 Å². The van der Waals surface area contributed by atoms with Crippen molar-refractivity contribution in [2.45, 2.75) is 46.3 Å². The fourth-order valence-electron chi connectivity index (χ4n) is 2.59. The zero-order chi connectivity index (χ0) is 23.8. The molecule has 31 heavy (non-hydrogen) atoms. The summed E-state index contributed by atoms with van der Waals surface area (Å²) in [5.41, 5.74) is 7.49. The van der Waals surface area contributed by atoms with E-state index in [1.165, 1.54) is 6.20 Å². The van der Waals surface area contributed by atoms with Gasteiger partial charge in [-0.2, -0.15) is 4.57 Å². The average Bonchev–Trinajstić information content (AvgIpc) is 2.65. The molecule has 0 saturated heterocycles. The van der Waals surface area contributed by atoms with Crippen molar-refractivity contribution in [3.63, 3.8) is 0 Å². The Morgan fingerprint density at radius 1 is 1.06 bits per heavy atom. The Morgan fingerprint density at radius 2 is 1.58 bits per heavy atom. The monoisotopic (exact) mass is 452 g/mol. The molecule has 0 spiro atoms. The molecular weight excluding hydrogens is 424 g/mol. The maximum atomic E-state index is 12.2. The summed E-state index contributed by atoms with van der Waals surface area (Å²) in [6.07, 6.45) is 2.99. The molecule has 2 aromatic rings. The van der Waals surface area contributed by atoms with Gasteiger partial charge in [0.2, 0.25) is 0 Å². The van der Waals surface area contributed by atoms with Crippen LogP contribution in [-0.2, 0) is 21.6 Å². The summed E-state index contributed by atoms with van der Waals surface area (Å²) < 4.78 is 39.5. The van der Waals surface area contributed by atoms with E-state index >= 15 is 0 Å². The molecule has 0 saturated carbocycles. The van der Waals surface area contributed by atoms with Crippen LogP contribution in [-0.4, -0.2) is 31.3 Å². The van der Waals surface area contributed by atoms with Crippen LogP contribution in [0.25, 0.3) is 0 Å². The van der Waals surface area contributed by atoms with Crippen LogP contribution in [0.4, 0.5) is 4.79 Å². The number of nitrogens with two attached hydrogens (primary N) is 1. The minimum absolute atomic E-state index is 0.0825. The third-order valence-electron chi connectivity index (χ3n) is 3.98. The van der Waals surface area contributed by atoms with Gasteiger partial charge in [0.05, 0.1) is 10.1 Å². The number of hydrogen-bond donors (Lipinski definition) is 1. The summed E-state index contributed by atoms with van der Waals surface area (Å²) in [4.78, 5) is 23.4. The maximum Gasteiger partial charge on any atom is 0.518 e. The summed E-state index contributed by atoms with van der Waals surface area (Å²) in [6.45, 7) is 8.10. The topological polar surface area (TPSA) is 140 Å². The summed E-state index contributed by atoms with van der Waals surface area (Å²) >= 11 is 0. The Labute approximate surface area is 182 Å². The maximum absolute atomic E-state index is 12.2. The molecule has 10 heteroatoms. The second-order valence-electron chi connectivity index (χ2n) is 7.38. The van der Waals surface area contributed by atoms with Gasteiger partial charge in [0.25, 0.3) is 12.6 Å². The van der Waals surface area contributed by atoms with Crippen LogP contribution in [0.3, 0.4) is 0 Å². The minimum atomic E-state index is -3.92. The summed E-state index contributed by atoms with van der Waals surface area (Å²) in [6, 6.07) is 9.10. The quantitative estimate of drug-likeness (QED) is 0.307. The van der Waals surface area contributed by atoms with E-state index < -0.39 is 22.2 Å². The highest BCUT2D eigenvalue weighted by Crippen LogP contribution is 2.34. The number of amides is 1. The number of carbonyl (C=O) groups excluding carboxylic acids is 2. The number of aromatic nitrogens is 1. The molecule has 9 nitrogen and oxygen atoms in total. The molecule has 1 amide bonds. The molecule has 170 valence electrons. The molecule has 2 N–H and O–H groups in total. The van der Waals surface area contributed by atoms with Crippen molar-refractivity contribution in [1.29, 1.82) is 0 Å². The van der Waals surface area contributed by atoms with Crippen molar-refractivity contribution in [3.8, 4) is 5.75 Å². The molecule has 2 rings (SSSR count). The van der Waals surface area contributed by atoms with Gasteiger partial charge in [-0.15, -0.1) is 0 Å². The van der Waals surface area contributed by atoms with Gasteiger partial charge in [-0.3, -0.25) is 4.79 Å². The highest BCUT2D eigenvalue weighted by molar-refractivity contribution is 7.84. The van der Waals surface area contributed by atoms with Gasteiger partial charge in [0, 0.05) is 12.3 Å². The molecule has 1 aromatic carbocycles. The molecule has 0 unspecified atom stereocenters. The van der Waals surface area contributed by atoms with Gasteiger partial charge in [-0.05, 0) is 29.0 Å². The van der Waals surface area contributed by atoms with Crippen LogP contribution in [0.2, 0.25) is 0 Å². The van der Waals surface area contributed by atoms with Crippen molar-refractivity contribution in [3.05, 3.63) is 59.4 Å². The molecule has 0 atom stereocenters. The molecule has 0 bridgehead atoms. The lowest BCUT2D eigenvalue weighted by molar-refractivity contribution is -0.727. The lowest BCUT2D eigenvalue weighted by Crippen LogP contribution is -2.37. The number of nitrogens with zero attached hydrogens (tertiary/aromatic N) is 1. The normalized spacial score (nSPS) is 11.0. The molecule has 0 fully saturated rings. The van der Waals surface area contributed by atoms with Gasteiger partial charge >= 0.3 is 6.16 Å². The average molecular weight is 453 g/mol. The van der Waals surface area contributed by atoms with Crippen LogP contribution in [0.15, 0.2) is 42.7 Å². The highest BCUT2D eigenvalue weighted by atomic mass is 32.2. The van der Waals surface area contributed by atoms with Crippen LogP contribution < -0.4 is 15.0 Å². The summed E-state index contributed by atoms with van der Waals surface area (Å²) in [7, 11) is -3.92. The smallest absolute Gasteiger partial charge is 0.518 e. The first-order valence-corrected chi connectivity index (χ1v) is 11.3. The lowest BCUT2D eigenvalue weighted by atomic mass is 9.94. The molecular formula is C21H28N2O7S. The number of benzene rings is 1. The molecule has 0 aliphatic rings. The molecule has 0 aliphatic carbocycles. The van der Waals surface area contributed by atoms with Crippen LogP contribution in [0, 0.1) is 0 Å². The number of carbonyl (C=O) groups is 2. The van der Waals surface area contributed by atoms with Crippen molar-refractivity contribution in [1.82, 2.24) is 0 Å². The van der Waals surface area contributed by atoms with E-state index in [4.69, 9.17) is 28.2 Å². The second-order valence-corrected chi connectivity index (χ2v) is 8.78. The third-order valence-corrected chi connectivity index (χ3v) is 3.98. The molecule has 1 heterocycles. The standard InChI is InChI=1S/C20H24N2O4.CH4O3S/c1-13(2)16-8-5-9-17(14(3)4)18(16)26-20(24)25-12-22-10-6-7-15(11-22)19(21)23;1-5(2,3)4/h5-11,13-14H,12H2,1-4H3,(H-,21,23);1H3,(H,2,3,4). The molecule has 0 radical (unpaired) electrons. The summed E-state index contributed by atoms with van der Waals surface area (Å²) in [5, 5.41) is 0. The summed E-state index contributed by atoms with van der Waals surface area (Å²) in [5.74, 6) is 0.420. The van der Waals surface area contributed by atoms with Crippen LogP contribution >= 0.6 is 0 Å². The van der Waals surface area contributed by atoms with Gasteiger partial charge in [-0.1, -0.05) is 45.9 Å². The number of rotatable bonds is 6. The first-order chi connectivity index (χ1) is 14.3. The Morgan fingerprint density at radius 3 is 2.03 bits per heavy atom. The van der Waals surface area contributed by atoms with Crippen molar-refractivity contribution < 1.29 is 36.6 Å². The van der Waals surface area contributed by atoms with E-state index in [1.54, 1.807) is 22.9 Å². The number of pyridine rings is 1. The predicted molar refractivity (Wildman–Crippen MR) is 113 cm³/mol. The fraction of sp³-hybridized carbons (Fsp3) is 0.381. The zero-order valence-corrected chi connectivity index (χ0v) is 19.0. The first kappa shape index (κ1) is 26.1. The van der Waals surface area contributed by atoms with E-state index in [2.05, 4.69) is 0 Å². The third kappa shape index (κ3) is 9.58. The number of ether oxygens (including phenoxy) is 2. The zero-order valence-electron chi connectivity index (χ0n) is 18.2. The molecule has 1 aromatic heterocycles. The molecule has 0 aliphatic heterocycles. The largest absolute Gasteiger partial charge is 0.748 e. The Kier molecular flexibility index (Phi) is 9.60. The number of primary amides is 1. The van der Waals surface area contributed by atoms with Crippen LogP contribution in [0.1, 0.15) is 61.0 Å². The second kappa shape index (κ2) is 11.4. The van der Waals surface area contributed by atoms with E-state index in [-0.39, 0.29) is 18.6 Å². The SMILES string of the molecule is CC(C)c1cccc(C(C)C)c1OC(=O)OC[n+]1cccc(C(N)=O)c1.CS(=O)(=O)[O-]. The van der Waals surface area contributed by atoms with Crippen LogP contribution in [0.5, 0.6) is 5.75 Å². The van der Waals surface area contributed by atoms with E-state index in [0.717, 1.165) is 11.1 Å². The Hall–Kier alpha value is -2.98.